The fourth-order valence-corrected chi connectivity index (χ4v) is 5.20. The summed E-state index contributed by atoms with van der Waals surface area (Å²) in [6.45, 7) is 4.24. The van der Waals surface area contributed by atoms with Crippen molar-refractivity contribution < 1.29 is 0 Å². The first-order chi connectivity index (χ1) is 21.1. The molecule has 0 atom stereocenters. The normalized spacial score (nSPS) is 10.9. The van der Waals surface area contributed by atoms with Gasteiger partial charge in [-0.2, -0.15) is 0 Å². The van der Waals surface area contributed by atoms with Gasteiger partial charge < -0.3 is 4.90 Å². The number of benzene rings is 6. The third kappa shape index (κ3) is 6.92. The first-order valence-corrected chi connectivity index (χ1v) is 14.8. The van der Waals surface area contributed by atoms with Gasteiger partial charge in [-0.15, -0.1) is 0 Å². The molecule has 0 aliphatic carbocycles. The van der Waals surface area contributed by atoms with Crippen molar-refractivity contribution in [2.24, 2.45) is 0 Å². The first-order valence-electron chi connectivity index (χ1n) is 14.8. The lowest BCUT2D eigenvalue weighted by molar-refractivity contribution is 1.27. The number of hydrogen-bond acceptors (Lipinski definition) is 1. The van der Waals surface area contributed by atoms with Crippen LogP contribution >= 0.6 is 0 Å². The molecule has 43 heavy (non-hydrogen) atoms. The second-order valence-electron chi connectivity index (χ2n) is 10.9. The van der Waals surface area contributed by atoms with Crippen molar-refractivity contribution in [2.75, 3.05) is 4.90 Å². The molecule has 0 aromatic heterocycles. The minimum atomic E-state index is 1.12. The summed E-state index contributed by atoms with van der Waals surface area (Å²) in [5.41, 5.74) is 13.0. The number of hydrogen-bond donors (Lipinski definition) is 0. The lowest BCUT2D eigenvalue weighted by atomic mass is 9.95. The standard InChI is InChI=1S/C42H35N/c1-32-13-17-34(18-14-32)19-20-35-21-27-40(28-22-35)43(39-25-15-33(2)16-26-39)41-29-23-36(24-30-41)31-42(37-9-5-3-6-10-37)38-11-7-4-8-12-38/h3-31H,1-2H3. The third-order valence-corrected chi connectivity index (χ3v) is 7.62. The fourth-order valence-electron chi connectivity index (χ4n) is 5.20. The van der Waals surface area contributed by atoms with Crippen LogP contribution in [0.25, 0.3) is 23.8 Å². The Morgan fingerprint density at radius 2 is 0.744 bits per heavy atom. The van der Waals surface area contributed by atoms with Crippen molar-refractivity contribution in [3.05, 3.63) is 197 Å². The molecule has 0 fully saturated rings. The highest BCUT2D eigenvalue weighted by Gasteiger charge is 2.13. The van der Waals surface area contributed by atoms with Gasteiger partial charge in [-0.3, -0.25) is 0 Å². The molecule has 0 spiro atoms. The summed E-state index contributed by atoms with van der Waals surface area (Å²) in [6, 6.07) is 56.1. The number of nitrogens with zero attached hydrogens (tertiary/aromatic N) is 1. The predicted octanol–water partition coefficient (Wildman–Crippen LogP) is 11.5. The van der Waals surface area contributed by atoms with E-state index in [0.29, 0.717) is 0 Å². The van der Waals surface area contributed by atoms with E-state index in [4.69, 9.17) is 0 Å². The predicted molar refractivity (Wildman–Crippen MR) is 186 cm³/mol. The maximum absolute atomic E-state index is 2.32. The fraction of sp³-hybridized carbons (Fsp3) is 0.0476. The Morgan fingerprint density at radius 3 is 1.19 bits per heavy atom. The largest absolute Gasteiger partial charge is 0.311 e. The SMILES string of the molecule is Cc1ccc(C=Cc2ccc(N(c3ccc(C)cc3)c3ccc(C=C(c4ccccc4)c4ccccc4)cc3)cc2)cc1. The van der Waals surface area contributed by atoms with E-state index in [1.54, 1.807) is 0 Å². The summed E-state index contributed by atoms with van der Waals surface area (Å²) in [5, 5.41) is 0. The summed E-state index contributed by atoms with van der Waals surface area (Å²) in [7, 11) is 0. The summed E-state index contributed by atoms with van der Waals surface area (Å²) in [5.74, 6) is 0. The molecule has 0 bridgehead atoms. The van der Waals surface area contributed by atoms with Gasteiger partial charge in [0, 0.05) is 17.1 Å². The molecule has 1 nitrogen and oxygen atoms in total. The molecule has 0 saturated carbocycles. The minimum Gasteiger partial charge on any atom is -0.311 e. The van der Waals surface area contributed by atoms with Crippen molar-refractivity contribution in [3.63, 3.8) is 0 Å². The molecule has 6 aromatic carbocycles. The van der Waals surface area contributed by atoms with E-state index >= 15 is 0 Å². The van der Waals surface area contributed by atoms with Crippen molar-refractivity contribution in [1.29, 1.82) is 0 Å². The molecule has 208 valence electrons. The average Bonchev–Trinajstić information content (AvgIpc) is 3.06. The first kappa shape index (κ1) is 27.8. The number of rotatable bonds is 8. The minimum absolute atomic E-state index is 1.12. The molecule has 6 rings (SSSR count). The van der Waals surface area contributed by atoms with Crippen molar-refractivity contribution in [3.8, 4) is 0 Å². The summed E-state index contributed by atoms with van der Waals surface area (Å²) in [4.78, 5) is 2.32. The highest BCUT2D eigenvalue weighted by molar-refractivity contribution is 5.91. The van der Waals surface area contributed by atoms with Crippen LogP contribution < -0.4 is 4.90 Å². The van der Waals surface area contributed by atoms with E-state index in [-0.39, 0.29) is 0 Å². The molecule has 0 unspecified atom stereocenters. The van der Waals surface area contributed by atoms with E-state index in [9.17, 15) is 0 Å². The summed E-state index contributed by atoms with van der Waals surface area (Å²) < 4.78 is 0. The van der Waals surface area contributed by atoms with E-state index in [1.807, 2.05) is 0 Å². The van der Waals surface area contributed by atoms with Gasteiger partial charge in [0.05, 0.1) is 0 Å². The molecule has 6 aromatic rings. The van der Waals surface area contributed by atoms with Crippen LogP contribution in [0.15, 0.2) is 158 Å². The Balaban J connectivity index is 1.32. The summed E-state index contributed by atoms with van der Waals surface area (Å²) >= 11 is 0. The molecular formula is C42H35N. The lowest BCUT2D eigenvalue weighted by Crippen LogP contribution is -2.09. The molecule has 0 N–H and O–H groups in total. The van der Waals surface area contributed by atoms with Gasteiger partial charge in [0.25, 0.3) is 0 Å². The zero-order valence-corrected chi connectivity index (χ0v) is 24.7. The molecule has 0 amide bonds. The van der Waals surface area contributed by atoms with Crippen LogP contribution in [-0.4, -0.2) is 0 Å². The molecule has 0 aliphatic heterocycles. The maximum atomic E-state index is 2.32. The Bertz CT molecular complexity index is 1770. The van der Waals surface area contributed by atoms with E-state index in [0.717, 1.165) is 22.6 Å². The molecule has 0 saturated heterocycles. The lowest BCUT2D eigenvalue weighted by Gasteiger charge is -2.26. The molecular weight excluding hydrogens is 518 g/mol. The zero-order valence-electron chi connectivity index (χ0n) is 24.7. The van der Waals surface area contributed by atoms with Crippen molar-refractivity contribution >= 4 is 40.9 Å². The highest BCUT2D eigenvalue weighted by Crippen LogP contribution is 2.35. The Labute approximate surface area is 255 Å². The molecule has 1 heteroatoms. The van der Waals surface area contributed by atoms with Crippen LogP contribution in [0.3, 0.4) is 0 Å². The average molecular weight is 554 g/mol. The zero-order chi connectivity index (χ0) is 29.4. The van der Waals surface area contributed by atoms with Gasteiger partial charge in [0.1, 0.15) is 0 Å². The van der Waals surface area contributed by atoms with E-state index in [1.165, 1.54) is 39.0 Å². The highest BCUT2D eigenvalue weighted by atomic mass is 15.1. The molecule has 0 radical (unpaired) electrons. The third-order valence-electron chi connectivity index (χ3n) is 7.62. The van der Waals surface area contributed by atoms with Crippen molar-refractivity contribution in [1.82, 2.24) is 0 Å². The van der Waals surface area contributed by atoms with Crippen LogP contribution in [0, 0.1) is 13.8 Å². The number of aryl methyl sites for hydroxylation is 2. The Morgan fingerprint density at radius 1 is 0.395 bits per heavy atom. The van der Waals surface area contributed by atoms with E-state index in [2.05, 4.69) is 195 Å². The maximum Gasteiger partial charge on any atom is 0.0462 e. The monoisotopic (exact) mass is 553 g/mol. The topological polar surface area (TPSA) is 3.24 Å². The molecule has 0 heterocycles. The smallest absolute Gasteiger partial charge is 0.0462 e. The quantitative estimate of drug-likeness (QED) is 0.169. The number of anilines is 3. The van der Waals surface area contributed by atoms with Crippen LogP contribution in [0.5, 0.6) is 0 Å². The van der Waals surface area contributed by atoms with Crippen LogP contribution in [0.2, 0.25) is 0 Å². The van der Waals surface area contributed by atoms with Gasteiger partial charge in [-0.05, 0) is 89.7 Å². The van der Waals surface area contributed by atoms with E-state index < -0.39 is 0 Å². The van der Waals surface area contributed by atoms with Gasteiger partial charge in [0.15, 0.2) is 0 Å². The summed E-state index contributed by atoms with van der Waals surface area (Å²) in [6.07, 6.45) is 6.61. The van der Waals surface area contributed by atoms with Gasteiger partial charge in [-0.25, -0.2) is 0 Å². The Hall–Kier alpha value is -5.40. The van der Waals surface area contributed by atoms with Crippen LogP contribution in [0.1, 0.15) is 38.9 Å². The van der Waals surface area contributed by atoms with Crippen LogP contribution in [0.4, 0.5) is 17.1 Å². The van der Waals surface area contributed by atoms with Crippen molar-refractivity contribution in [2.45, 2.75) is 13.8 Å². The van der Waals surface area contributed by atoms with Gasteiger partial charge in [-0.1, -0.05) is 145 Å². The van der Waals surface area contributed by atoms with Gasteiger partial charge in [0.2, 0.25) is 0 Å². The molecule has 0 aliphatic rings. The van der Waals surface area contributed by atoms with Gasteiger partial charge >= 0.3 is 0 Å². The van der Waals surface area contributed by atoms with Crippen LogP contribution in [-0.2, 0) is 0 Å². The Kier molecular flexibility index (Phi) is 8.43. The second kappa shape index (κ2) is 13.1. The second-order valence-corrected chi connectivity index (χ2v) is 10.9.